The smallest absolute Gasteiger partial charge is 0.241 e. The van der Waals surface area contributed by atoms with Gasteiger partial charge in [0.2, 0.25) is 5.91 Å². The van der Waals surface area contributed by atoms with Gasteiger partial charge in [0, 0.05) is 13.7 Å². The average molecular weight is 322 g/mol. The van der Waals surface area contributed by atoms with Crippen molar-refractivity contribution in [3.05, 3.63) is 27.7 Å². The highest BCUT2D eigenvalue weighted by molar-refractivity contribution is 9.10. The minimum Gasteiger partial charge on any atom is -0.385 e. The van der Waals surface area contributed by atoms with Crippen LogP contribution in [-0.2, 0) is 9.53 Å². The Kier molecular flexibility index (Phi) is 5.91. The van der Waals surface area contributed by atoms with Gasteiger partial charge in [-0.3, -0.25) is 4.79 Å². The fourth-order valence-corrected chi connectivity index (χ4v) is 1.74. The Balaban J connectivity index is 2.64. The van der Waals surface area contributed by atoms with E-state index in [0.29, 0.717) is 28.2 Å². The number of ether oxygens (including phenoxy) is 1. The zero-order valence-corrected chi connectivity index (χ0v) is 11.7. The standard InChI is InChI=1S/C11H14BrClN2O2/c1-17-6-5-8(14)11(16)15-9-4-2-3-7(13)10(9)12/h2-4,8H,5-6,14H2,1H3,(H,15,16). The van der Waals surface area contributed by atoms with Crippen LogP contribution < -0.4 is 11.1 Å². The number of hydrogen-bond donors (Lipinski definition) is 2. The van der Waals surface area contributed by atoms with Crippen molar-refractivity contribution in [2.75, 3.05) is 19.0 Å². The molecule has 1 atom stereocenters. The highest BCUT2D eigenvalue weighted by Crippen LogP contribution is 2.29. The minimum atomic E-state index is -0.596. The van der Waals surface area contributed by atoms with Crippen molar-refractivity contribution in [2.24, 2.45) is 5.73 Å². The minimum absolute atomic E-state index is 0.259. The van der Waals surface area contributed by atoms with Gasteiger partial charge >= 0.3 is 0 Å². The summed E-state index contributed by atoms with van der Waals surface area (Å²) >= 11 is 9.21. The Hall–Kier alpha value is -0.620. The summed E-state index contributed by atoms with van der Waals surface area (Å²) in [5, 5.41) is 3.24. The molecule has 0 aliphatic rings. The van der Waals surface area contributed by atoms with Crippen LogP contribution in [0.3, 0.4) is 0 Å². The van der Waals surface area contributed by atoms with Gasteiger partial charge in [0.05, 0.1) is 21.2 Å². The molecule has 1 aromatic carbocycles. The Labute approximate surface area is 114 Å². The number of nitrogens with two attached hydrogens (primary N) is 1. The third kappa shape index (κ3) is 4.27. The van der Waals surface area contributed by atoms with E-state index in [-0.39, 0.29) is 5.91 Å². The Morgan fingerprint density at radius 2 is 2.35 bits per heavy atom. The Morgan fingerprint density at radius 1 is 1.65 bits per heavy atom. The molecular weight excluding hydrogens is 307 g/mol. The zero-order valence-electron chi connectivity index (χ0n) is 9.37. The third-order valence-electron chi connectivity index (χ3n) is 2.18. The number of hydrogen-bond acceptors (Lipinski definition) is 3. The first-order valence-electron chi connectivity index (χ1n) is 5.05. The van der Waals surface area contributed by atoms with Crippen LogP contribution in [0.15, 0.2) is 22.7 Å². The zero-order chi connectivity index (χ0) is 12.8. The number of anilines is 1. The van der Waals surface area contributed by atoms with Crippen LogP contribution in [0.4, 0.5) is 5.69 Å². The number of benzene rings is 1. The highest BCUT2D eigenvalue weighted by atomic mass is 79.9. The van der Waals surface area contributed by atoms with E-state index in [2.05, 4.69) is 21.2 Å². The molecule has 17 heavy (non-hydrogen) atoms. The summed E-state index contributed by atoms with van der Waals surface area (Å²) in [6.45, 7) is 0.450. The van der Waals surface area contributed by atoms with Gasteiger partial charge in [-0.2, -0.15) is 0 Å². The van der Waals surface area contributed by atoms with Gasteiger partial charge in [0.25, 0.3) is 0 Å². The van der Waals surface area contributed by atoms with Gasteiger partial charge in [-0.1, -0.05) is 17.7 Å². The number of nitrogens with one attached hydrogen (secondary N) is 1. The molecule has 1 rings (SSSR count). The van der Waals surface area contributed by atoms with Crippen LogP contribution in [0, 0.1) is 0 Å². The molecule has 0 radical (unpaired) electrons. The molecule has 3 N–H and O–H groups in total. The molecule has 0 saturated heterocycles. The summed E-state index contributed by atoms with van der Waals surface area (Å²) in [5.41, 5.74) is 6.31. The quantitative estimate of drug-likeness (QED) is 0.875. The second kappa shape index (κ2) is 6.96. The molecule has 1 aromatic rings. The summed E-state index contributed by atoms with van der Waals surface area (Å²) < 4.78 is 5.51. The van der Waals surface area contributed by atoms with Gasteiger partial charge in [-0.15, -0.1) is 0 Å². The summed E-state index contributed by atoms with van der Waals surface area (Å²) in [7, 11) is 1.57. The molecule has 0 aromatic heterocycles. The summed E-state index contributed by atoms with van der Waals surface area (Å²) in [5.74, 6) is -0.259. The normalized spacial score (nSPS) is 12.2. The lowest BCUT2D eigenvalue weighted by Gasteiger charge is -2.13. The van der Waals surface area contributed by atoms with Crippen molar-refractivity contribution in [2.45, 2.75) is 12.5 Å². The topological polar surface area (TPSA) is 64.3 Å². The number of halogens is 2. The van der Waals surface area contributed by atoms with E-state index in [1.807, 2.05) is 0 Å². The van der Waals surface area contributed by atoms with Gasteiger partial charge in [0.1, 0.15) is 0 Å². The number of amides is 1. The molecule has 0 heterocycles. The fourth-order valence-electron chi connectivity index (χ4n) is 1.20. The van der Waals surface area contributed by atoms with Crippen LogP contribution in [0.1, 0.15) is 6.42 Å². The Bertz CT molecular complexity index is 401. The van der Waals surface area contributed by atoms with Crippen molar-refractivity contribution in [1.29, 1.82) is 0 Å². The SMILES string of the molecule is COCCC(N)C(=O)Nc1cccc(Cl)c1Br. The van der Waals surface area contributed by atoms with Crippen molar-refractivity contribution >= 4 is 39.1 Å². The predicted octanol–water partition coefficient (Wildman–Crippen LogP) is 2.40. The van der Waals surface area contributed by atoms with Crippen LogP contribution in [0.5, 0.6) is 0 Å². The lowest BCUT2D eigenvalue weighted by molar-refractivity contribution is -0.117. The van der Waals surface area contributed by atoms with Crippen LogP contribution in [0.2, 0.25) is 5.02 Å². The monoisotopic (exact) mass is 320 g/mol. The number of rotatable bonds is 5. The van der Waals surface area contributed by atoms with Gasteiger partial charge < -0.3 is 15.8 Å². The second-order valence-electron chi connectivity index (χ2n) is 3.48. The molecule has 0 aliphatic heterocycles. The van der Waals surface area contributed by atoms with E-state index in [4.69, 9.17) is 22.1 Å². The van der Waals surface area contributed by atoms with Crippen molar-refractivity contribution in [3.8, 4) is 0 Å². The van der Waals surface area contributed by atoms with Crippen molar-refractivity contribution in [3.63, 3.8) is 0 Å². The van der Waals surface area contributed by atoms with Gasteiger partial charge in [-0.05, 0) is 34.5 Å². The average Bonchev–Trinajstić information content (AvgIpc) is 2.31. The van der Waals surface area contributed by atoms with Crippen molar-refractivity contribution < 1.29 is 9.53 Å². The molecule has 94 valence electrons. The van der Waals surface area contributed by atoms with Gasteiger partial charge in [-0.25, -0.2) is 0 Å². The number of carbonyl (C=O) groups excluding carboxylic acids is 1. The maximum Gasteiger partial charge on any atom is 0.241 e. The molecule has 0 bridgehead atoms. The molecule has 0 fully saturated rings. The molecule has 6 heteroatoms. The molecular formula is C11H14BrClN2O2. The lowest BCUT2D eigenvalue weighted by atomic mass is 10.2. The maximum atomic E-state index is 11.7. The van der Waals surface area contributed by atoms with E-state index in [9.17, 15) is 4.79 Å². The molecule has 1 amide bonds. The summed E-state index contributed by atoms with van der Waals surface area (Å²) in [6, 6.07) is 4.63. The molecule has 0 aliphatic carbocycles. The Morgan fingerprint density at radius 3 is 3.00 bits per heavy atom. The third-order valence-corrected chi connectivity index (χ3v) is 3.58. The van der Waals surface area contributed by atoms with Gasteiger partial charge in [0.15, 0.2) is 0 Å². The van der Waals surface area contributed by atoms with Crippen LogP contribution >= 0.6 is 27.5 Å². The van der Waals surface area contributed by atoms with Crippen LogP contribution in [-0.4, -0.2) is 25.7 Å². The summed E-state index contributed by atoms with van der Waals surface area (Å²) in [4.78, 5) is 11.7. The molecule has 4 nitrogen and oxygen atoms in total. The van der Waals surface area contributed by atoms with E-state index in [0.717, 1.165) is 0 Å². The predicted molar refractivity (Wildman–Crippen MR) is 72.3 cm³/mol. The van der Waals surface area contributed by atoms with E-state index in [1.54, 1.807) is 25.3 Å². The van der Waals surface area contributed by atoms with Crippen LogP contribution in [0.25, 0.3) is 0 Å². The molecule has 1 unspecified atom stereocenters. The molecule has 0 saturated carbocycles. The number of carbonyl (C=O) groups is 1. The largest absolute Gasteiger partial charge is 0.385 e. The maximum absolute atomic E-state index is 11.7. The fraction of sp³-hybridized carbons (Fsp3) is 0.364. The van der Waals surface area contributed by atoms with E-state index in [1.165, 1.54) is 0 Å². The number of methoxy groups -OCH3 is 1. The second-order valence-corrected chi connectivity index (χ2v) is 4.68. The first kappa shape index (κ1) is 14.4. The molecule has 0 spiro atoms. The van der Waals surface area contributed by atoms with E-state index >= 15 is 0 Å². The van der Waals surface area contributed by atoms with E-state index < -0.39 is 6.04 Å². The first-order chi connectivity index (χ1) is 8.06. The first-order valence-corrected chi connectivity index (χ1v) is 6.22. The highest BCUT2D eigenvalue weighted by Gasteiger charge is 2.14. The van der Waals surface area contributed by atoms with Crippen molar-refractivity contribution in [1.82, 2.24) is 0 Å². The summed E-state index contributed by atoms with van der Waals surface area (Å²) in [6.07, 6.45) is 0.473. The lowest BCUT2D eigenvalue weighted by Crippen LogP contribution is -2.36.